The molecule has 2 aliphatic carbocycles. The van der Waals surface area contributed by atoms with Gasteiger partial charge in [0.1, 0.15) is 6.10 Å². The van der Waals surface area contributed by atoms with E-state index in [4.69, 9.17) is 9.57 Å². The maximum Gasteiger partial charge on any atom is 0.165 e. The van der Waals surface area contributed by atoms with Gasteiger partial charge in [0, 0.05) is 34.5 Å². The molecule has 2 unspecified atom stereocenters. The number of benzene rings is 1. The van der Waals surface area contributed by atoms with E-state index in [1.807, 2.05) is 35.5 Å². The second kappa shape index (κ2) is 7.25. The summed E-state index contributed by atoms with van der Waals surface area (Å²) in [4.78, 5) is 18.8. The zero-order chi connectivity index (χ0) is 20.2. The van der Waals surface area contributed by atoms with Gasteiger partial charge in [0.15, 0.2) is 5.78 Å². The van der Waals surface area contributed by atoms with Crippen LogP contribution in [0.25, 0.3) is 0 Å². The van der Waals surface area contributed by atoms with Crippen molar-refractivity contribution in [3.05, 3.63) is 57.9 Å². The zero-order valence-corrected chi connectivity index (χ0v) is 18.1. The van der Waals surface area contributed by atoms with E-state index in [2.05, 4.69) is 22.0 Å². The zero-order valence-electron chi connectivity index (χ0n) is 16.5. The number of rotatable bonds is 3. The normalized spacial score (nSPS) is 35.6. The van der Waals surface area contributed by atoms with E-state index in [0.717, 1.165) is 35.1 Å². The lowest BCUT2D eigenvalue weighted by atomic mass is 9.60. The lowest BCUT2D eigenvalue weighted by Crippen LogP contribution is -2.42. The summed E-state index contributed by atoms with van der Waals surface area (Å²) in [5.74, 6) is 1.32. The van der Waals surface area contributed by atoms with Crippen LogP contribution in [0.15, 0.2) is 52.3 Å². The molecule has 1 spiro atoms. The standard InChI is InChI=1S/C23H26BrNO4/c1-28-25-9-8-23-12-15(22(27)14-2-5-17(24)6-3-14)4-7-20(23)29-19-11-18(26)10-16(13-25)21(19)23/h2-3,5-6,8-9,15-16,18,20,26H,4,7,10-13H2,1H3/t15?,16-,18-,20+,23?/m1/s1. The highest BCUT2D eigenvalue weighted by atomic mass is 79.9. The first-order valence-electron chi connectivity index (χ1n) is 10.4. The lowest BCUT2D eigenvalue weighted by molar-refractivity contribution is -0.0967. The van der Waals surface area contributed by atoms with Crippen molar-refractivity contribution < 1.29 is 19.5 Å². The molecule has 5 nitrogen and oxygen atoms in total. The predicted molar refractivity (Wildman–Crippen MR) is 112 cm³/mol. The van der Waals surface area contributed by atoms with Crippen LogP contribution in [0.5, 0.6) is 0 Å². The Morgan fingerprint density at radius 2 is 2.10 bits per heavy atom. The molecule has 2 heterocycles. The quantitative estimate of drug-likeness (QED) is 0.685. The van der Waals surface area contributed by atoms with Crippen molar-refractivity contribution in [3.63, 3.8) is 0 Å². The number of hydroxylamine groups is 2. The van der Waals surface area contributed by atoms with Crippen LogP contribution in [0.4, 0.5) is 0 Å². The molecule has 29 heavy (non-hydrogen) atoms. The lowest BCUT2D eigenvalue weighted by Gasteiger charge is -2.42. The topological polar surface area (TPSA) is 59.0 Å². The fraction of sp³-hybridized carbons (Fsp3) is 0.522. The number of Topliss-reactive ketones (excluding diaryl/α,β-unsaturated/α-hetero) is 1. The summed E-state index contributed by atoms with van der Waals surface area (Å²) in [7, 11) is 1.67. The summed E-state index contributed by atoms with van der Waals surface area (Å²) < 4.78 is 7.39. The molecule has 0 bridgehead atoms. The van der Waals surface area contributed by atoms with Crippen LogP contribution in [-0.2, 0) is 9.57 Å². The third kappa shape index (κ3) is 3.16. The molecule has 0 saturated heterocycles. The van der Waals surface area contributed by atoms with Gasteiger partial charge in [-0.05, 0) is 43.4 Å². The van der Waals surface area contributed by atoms with Crippen molar-refractivity contribution in [2.75, 3.05) is 13.7 Å². The van der Waals surface area contributed by atoms with Crippen LogP contribution in [0.3, 0.4) is 0 Å². The molecule has 5 atom stereocenters. The molecule has 154 valence electrons. The molecule has 6 heteroatoms. The number of nitrogens with zero attached hydrogens (tertiary/aromatic N) is 1. The van der Waals surface area contributed by atoms with Crippen LogP contribution in [-0.4, -0.2) is 41.8 Å². The van der Waals surface area contributed by atoms with Crippen molar-refractivity contribution in [1.82, 2.24) is 5.06 Å². The van der Waals surface area contributed by atoms with E-state index in [1.165, 1.54) is 5.57 Å². The Labute approximate surface area is 179 Å². The monoisotopic (exact) mass is 459 g/mol. The van der Waals surface area contributed by atoms with Gasteiger partial charge < -0.3 is 9.84 Å². The molecular formula is C23H26BrNO4. The molecule has 4 aliphatic rings. The van der Waals surface area contributed by atoms with Gasteiger partial charge in [-0.15, -0.1) is 0 Å². The first-order chi connectivity index (χ1) is 14.0. The van der Waals surface area contributed by atoms with Gasteiger partial charge in [0.05, 0.1) is 30.9 Å². The number of ether oxygens (including phenoxy) is 1. The Morgan fingerprint density at radius 3 is 2.86 bits per heavy atom. The van der Waals surface area contributed by atoms with E-state index >= 15 is 0 Å². The minimum Gasteiger partial charge on any atom is -0.493 e. The number of hydrogen-bond acceptors (Lipinski definition) is 5. The Hall–Kier alpha value is -1.63. The minimum absolute atomic E-state index is 0.0332. The fourth-order valence-electron chi connectivity index (χ4n) is 5.84. The van der Waals surface area contributed by atoms with Crippen LogP contribution in [0.2, 0.25) is 0 Å². The van der Waals surface area contributed by atoms with E-state index in [1.54, 1.807) is 7.11 Å². The predicted octanol–water partition coefficient (Wildman–Crippen LogP) is 4.23. The number of carbonyl (C=O) groups is 1. The van der Waals surface area contributed by atoms with E-state index < -0.39 is 0 Å². The van der Waals surface area contributed by atoms with Gasteiger partial charge in [-0.3, -0.25) is 14.7 Å². The third-order valence-corrected chi connectivity index (χ3v) is 7.61. The van der Waals surface area contributed by atoms with E-state index in [-0.39, 0.29) is 35.2 Å². The minimum atomic E-state index is -0.382. The van der Waals surface area contributed by atoms with Crippen molar-refractivity contribution in [3.8, 4) is 0 Å². The molecule has 0 radical (unpaired) electrons. The van der Waals surface area contributed by atoms with E-state index in [9.17, 15) is 9.90 Å². The van der Waals surface area contributed by atoms with Gasteiger partial charge in [-0.2, -0.15) is 0 Å². The van der Waals surface area contributed by atoms with Crippen molar-refractivity contribution in [2.24, 2.45) is 17.3 Å². The summed E-state index contributed by atoms with van der Waals surface area (Å²) in [6.45, 7) is 0.700. The van der Waals surface area contributed by atoms with Gasteiger partial charge in [-0.25, -0.2) is 0 Å². The Balaban J connectivity index is 1.51. The fourth-order valence-corrected chi connectivity index (χ4v) is 6.10. The Kier molecular flexibility index (Phi) is 4.84. The van der Waals surface area contributed by atoms with Gasteiger partial charge >= 0.3 is 0 Å². The molecule has 1 saturated carbocycles. The van der Waals surface area contributed by atoms with Gasteiger partial charge in [0.25, 0.3) is 0 Å². The molecule has 1 N–H and O–H groups in total. The van der Waals surface area contributed by atoms with Gasteiger partial charge in [0.2, 0.25) is 0 Å². The number of halogens is 1. The molecule has 1 fully saturated rings. The second-order valence-corrected chi connectivity index (χ2v) is 9.64. The highest BCUT2D eigenvalue weighted by molar-refractivity contribution is 9.10. The average Bonchev–Trinajstić information content (AvgIpc) is 2.95. The summed E-state index contributed by atoms with van der Waals surface area (Å²) in [5, 5.41) is 12.3. The summed E-state index contributed by atoms with van der Waals surface area (Å²) in [5.41, 5.74) is 1.80. The SMILES string of the molecule is CON1C=CC23CC(C(=O)c4ccc(Br)cc4)CC[C@@H]2OC2=C3[C@H](C[C@@H](O)C2)C1. The largest absolute Gasteiger partial charge is 0.493 e. The van der Waals surface area contributed by atoms with E-state index in [0.29, 0.717) is 19.4 Å². The first-order valence-corrected chi connectivity index (χ1v) is 11.2. The van der Waals surface area contributed by atoms with Crippen LogP contribution in [0.1, 0.15) is 42.5 Å². The van der Waals surface area contributed by atoms with Crippen LogP contribution in [0, 0.1) is 17.3 Å². The smallest absolute Gasteiger partial charge is 0.165 e. The van der Waals surface area contributed by atoms with Crippen molar-refractivity contribution in [2.45, 2.75) is 44.3 Å². The third-order valence-electron chi connectivity index (χ3n) is 7.08. The number of ketones is 1. The molecule has 1 aromatic carbocycles. The molecule has 1 aromatic rings. The van der Waals surface area contributed by atoms with Crippen LogP contribution < -0.4 is 0 Å². The summed E-state index contributed by atoms with van der Waals surface area (Å²) in [6, 6.07) is 7.66. The summed E-state index contributed by atoms with van der Waals surface area (Å²) in [6.07, 6.45) is 7.60. The first kappa shape index (κ1) is 19.3. The molecular weight excluding hydrogens is 434 g/mol. The summed E-state index contributed by atoms with van der Waals surface area (Å²) >= 11 is 3.45. The van der Waals surface area contributed by atoms with Crippen molar-refractivity contribution >= 4 is 21.7 Å². The Bertz CT molecular complexity index is 879. The van der Waals surface area contributed by atoms with Gasteiger partial charge in [-0.1, -0.05) is 34.1 Å². The maximum absolute atomic E-state index is 13.3. The molecule has 2 aliphatic heterocycles. The highest BCUT2D eigenvalue weighted by Crippen LogP contribution is 2.59. The number of aliphatic hydroxyl groups excluding tert-OH is 1. The molecule has 0 amide bonds. The Morgan fingerprint density at radius 1 is 1.31 bits per heavy atom. The molecule has 5 rings (SSSR count). The maximum atomic E-state index is 13.3. The average molecular weight is 460 g/mol. The van der Waals surface area contributed by atoms with Crippen LogP contribution >= 0.6 is 15.9 Å². The highest BCUT2D eigenvalue weighted by Gasteiger charge is 2.57. The number of hydrogen-bond donors (Lipinski definition) is 1. The van der Waals surface area contributed by atoms with Crippen molar-refractivity contribution in [1.29, 1.82) is 0 Å². The molecule has 0 aromatic heterocycles. The number of aliphatic hydroxyl groups is 1. The number of carbonyl (C=O) groups excluding carboxylic acids is 1. The second-order valence-electron chi connectivity index (χ2n) is 8.72.